The maximum Gasteiger partial charge on any atom is 0.416 e. The van der Waals surface area contributed by atoms with Crippen LogP contribution in [-0.2, 0) is 23.6 Å². The minimum atomic E-state index is -4.92. The third kappa shape index (κ3) is 3.84. The van der Waals surface area contributed by atoms with Crippen molar-refractivity contribution in [3.8, 4) is 0 Å². The molecule has 20 heavy (non-hydrogen) atoms. The average molecular weight is 297 g/mol. The number of nitrogens with zero attached hydrogens (tertiary/aromatic N) is 1. The van der Waals surface area contributed by atoms with E-state index in [9.17, 15) is 31.1 Å². The van der Waals surface area contributed by atoms with Gasteiger partial charge in [-0.2, -0.15) is 26.3 Å². The smallest absolute Gasteiger partial charge is 0.211 e. The van der Waals surface area contributed by atoms with E-state index < -0.39 is 41.5 Å². The van der Waals surface area contributed by atoms with Crippen LogP contribution in [0.5, 0.6) is 0 Å². The number of carbonyl (C=O) groups excluding carboxylic acids is 1. The van der Waals surface area contributed by atoms with Crippen LogP contribution in [0.1, 0.15) is 23.6 Å². The monoisotopic (exact) mass is 297 g/mol. The zero-order valence-corrected chi connectivity index (χ0v) is 10.1. The van der Waals surface area contributed by atoms with E-state index in [-0.39, 0.29) is 0 Å². The molecule has 0 aliphatic carbocycles. The summed E-state index contributed by atoms with van der Waals surface area (Å²) in [5.74, 6) is 0. The quantitative estimate of drug-likeness (QED) is 0.471. The Balaban J connectivity index is 3.44. The molecule has 1 unspecified atom stereocenters. The number of rotatable bonds is 3. The summed E-state index contributed by atoms with van der Waals surface area (Å²) >= 11 is 0. The predicted octanol–water partition coefficient (Wildman–Crippen LogP) is 3.99. The highest BCUT2D eigenvalue weighted by Crippen LogP contribution is 2.39. The first kappa shape index (κ1) is 16.2. The van der Waals surface area contributed by atoms with E-state index in [1.807, 2.05) is 0 Å². The molecule has 1 aromatic carbocycles. The van der Waals surface area contributed by atoms with Crippen molar-refractivity contribution in [3.05, 3.63) is 34.9 Å². The largest absolute Gasteiger partial charge is 0.416 e. The van der Waals surface area contributed by atoms with Gasteiger partial charge in [0.2, 0.25) is 6.08 Å². The fourth-order valence-electron chi connectivity index (χ4n) is 1.77. The van der Waals surface area contributed by atoms with Crippen molar-refractivity contribution in [1.29, 1.82) is 0 Å². The summed E-state index contributed by atoms with van der Waals surface area (Å²) in [7, 11) is 0. The molecule has 1 aromatic rings. The Morgan fingerprint density at radius 2 is 1.55 bits per heavy atom. The van der Waals surface area contributed by atoms with Crippen molar-refractivity contribution >= 4 is 6.08 Å². The van der Waals surface area contributed by atoms with Crippen LogP contribution in [0.3, 0.4) is 0 Å². The van der Waals surface area contributed by atoms with Gasteiger partial charge in [-0.05, 0) is 31.0 Å². The highest BCUT2D eigenvalue weighted by Gasteiger charge is 2.40. The molecule has 2 nitrogen and oxygen atoms in total. The first-order valence-electron chi connectivity index (χ1n) is 5.40. The highest BCUT2D eigenvalue weighted by molar-refractivity contribution is 5.40. The van der Waals surface area contributed by atoms with Crippen molar-refractivity contribution in [3.63, 3.8) is 0 Å². The Morgan fingerprint density at radius 1 is 1.10 bits per heavy atom. The van der Waals surface area contributed by atoms with Crippen LogP contribution >= 0.6 is 0 Å². The molecule has 1 atom stereocenters. The number of alkyl halides is 6. The Hall–Kier alpha value is -1.82. The average Bonchev–Trinajstić information content (AvgIpc) is 2.26. The van der Waals surface area contributed by atoms with Crippen molar-refractivity contribution in [2.45, 2.75) is 31.7 Å². The maximum absolute atomic E-state index is 12.8. The molecule has 0 heterocycles. The Morgan fingerprint density at radius 3 is 1.90 bits per heavy atom. The second kappa shape index (κ2) is 5.66. The summed E-state index contributed by atoms with van der Waals surface area (Å²) in [5, 5.41) is 0. The van der Waals surface area contributed by atoms with Gasteiger partial charge in [-0.3, -0.25) is 0 Å². The molecule has 0 bridgehead atoms. The lowest BCUT2D eigenvalue weighted by Gasteiger charge is -2.19. The van der Waals surface area contributed by atoms with Crippen LogP contribution in [0.4, 0.5) is 26.3 Å². The van der Waals surface area contributed by atoms with Crippen LogP contribution in [0.15, 0.2) is 23.2 Å². The van der Waals surface area contributed by atoms with Gasteiger partial charge in [-0.25, -0.2) is 9.79 Å². The van der Waals surface area contributed by atoms with Gasteiger partial charge in [0.15, 0.2) is 0 Å². The van der Waals surface area contributed by atoms with Crippen LogP contribution in [-0.4, -0.2) is 12.1 Å². The van der Waals surface area contributed by atoms with Crippen molar-refractivity contribution in [2.75, 3.05) is 0 Å². The fourth-order valence-corrected chi connectivity index (χ4v) is 1.77. The van der Waals surface area contributed by atoms with E-state index in [2.05, 4.69) is 4.99 Å². The second-order valence-corrected chi connectivity index (χ2v) is 4.10. The summed E-state index contributed by atoms with van der Waals surface area (Å²) in [6, 6.07) is 0.809. The number of hydrogen-bond donors (Lipinski definition) is 0. The first-order valence-corrected chi connectivity index (χ1v) is 5.40. The van der Waals surface area contributed by atoms with E-state index >= 15 is 0 Å². The number of hydrogen-bond acceptors (Lipinski definition) is 2. The van der Waals surface area contributed by atoms with E-state index in [1.54, 1.807) is 0 Å². The van der Waals surface area contributed by atoms with Crippen molar-refractivity contribution < 1.29 is 31.1 Å². The third-order valence-electron chi connectivity index (χ3n) is 2.56. The van der Waals surface area contributed by atoms with Gasteiger partial charge < -0.3 is 0 Å². The SMILES string of the molecule is CC(Cc1c(C(F)(F)F)cccc1C(F)(F)F)N=C=O. The molecule has 0 saturated carbocycles. The van der Waals surface area contributed by atoms with Crippen LogP contribution < -0.4 is 0 Å². The summed E-state index contributed by atoms with van der Waals surface area (Å²) in [5.41, 5.74) is -3.67. The van der Waals surface area contributed by atoms with Crippen molar-refractivity contribution in [1.82, 2.24) is 0 Å². The van der Waals surface area contributed by atoms with Gasteiger partial charge >= 0.3 is 12.4 Å². The minimum absolute atomic E-state index is 0.571. The predicted molar refractivity (Wildman–Crippen MR) is 57.7 cm³/mol. The minimum Gasteiger partial charge on any atom is -0.211 e. The van der Waals surface area contributed by atoms with Gasteiger partial charge in [0.1, 0.15) is 0 Å². The summed E-state index contributed by atoms with van der Waals surface area (Å²) in [4.78, 5) is 13.2. The molecule has 0 radical (unpaired) electrons. The molecule has 0 aromatic heterocycles. The third-order valence-corrected chi connectivity index (χ3v) is 2.56. The molecule has 0 aliphatic heterocycles. The normalized spacial score (nSPS) is 13.8. The Kier molecular flexibility index (Phi) is 4.60. The first-order chi connectivity index (χ1) is 9.07. The molecule has 0 saturated heterocycles. The zero-order chi connectivity index (χ0) is 15.6. The van der Waals surface area contributed by atoms with Gasteiger partial charge in [-0.1, -0.05) is 6.07 Å². The number of aliphatic imine (C=N–C) groups is 1. The van der Waals surface area contributed by atoms with E-state index in [0.29, 0.717) is 18.2 Å². The van der Waals surface area contributed by atoms with Crippen LogP contribution in [0.2, 0.25) is 0 Å². The molecule has 8 heteroatoms. The second-order valence-electron chi connectivity index (χ2n) is 4.10. The molecule has 0 aliphatic rings. The highest BCUT2D eigenvalue weighted by atomic mass is 19.4. The lowest BCUT2D eigenvalue weighted by atomic mass is 9.95. The van der Waals surface area contributed by atoms with E-state index in [0.717, 1.165) is 6.08 Å². The number of halogens is 6. The maximum atomic E-state index is 12.8. The molecular weight excluding hydrogens is 288 g/mol. The Bertz CT molecular complexity index is 495. The molecule has 0 N–H and O–H groups in total. The van der Waals surface area contributed by atoms with Gasteiger partial charge in [0, 0.05) is 0 Å². The molecule has 0 amide bonds. The lowest BCUT2D eigenvalue weighted by Crippen LogP contribution is -2.19. The number of isocyanates is 1. The number of benzene rings is 1. The molecule has 0 fully saturated rings. The lowest BCUT2D eigenvalue weighted by molar-refractivity contribution is -0.144. The molecule has 1 rings (SSSR count). The molecule has 110 valence electrons. The standard InChI is InChI=1S/C12H9F6NO/c1-7(19-6-20)5-8-9(11(13,14)15)3-2-4-10(8)12(16,17)18/h2-4,7H,5H2,1H3. The summed E-state index contributed by atoms with van der Waals surface area (Å²) in [6.45, 7) is 1.23. The summed E-state index contributed by atoms with van der Waals surface area (Å²) in [6.07, 6.45) is -9.37. The molecule has 0 spiro atoms. The van der Waals surface area contributed by atoms with Crippen molar-refractivity contribution in [2.24, 2.45) is 4.99 Å². The van der Waals surface area contributed by atoms with Gasteiger partial charge in [0.05, 0.1) is 17.2 Å². The van der Waals surface area contributed by atoms with E-state index in [4.69, 9.17) is 0 Å². The Labute approximate surface area is 110 Å². The fraction of sp³-hybridized carbons (Fsp3) is 0.417. The van der Waals surface area contributed by atoms with Gasteiger partial charge in [-0.15, -0.1) is 0 Å². The summed E-state index contributed by atoms with van der Waals surface area (Å²) < 4.78 is 76.7. The van der Waals surface area contributed by atoms with Crippen LogP contribution in [0.25, 0.3) is 0 Å². The zero-order valence-electron chi connectivity index (χ0n) is 10.1. The topological polar surface area (TPSA) is 29.4 Å². The van der Waals surface area contributed by atoms with Gasteiger partial charge in [0.25, 0.3) is 0 Å². The molecular formula is C12H9F6NO. The van der Waals surface area contributed by atoms with E-state index in [1.165, 1.54) is 6.92 Å². The van der Waals surface area contributed by atoms with Crippen LogP contribution in [0, 0.1) is 0 Å².